The van der Waals surface area contributed by atoms with Gasteiger partial charge in [0, 0.05) is 32.0 Å². The Hall–Kier alpha value is -3.02. The molecule has 3 heterocycles. The minimum atomic E-state index is -3.93. The van der Waals surface area contributed by atoms with E-state index in [0.717, 1.165) is 14.2 Å². The highest BCUT2D eigenvalue weighted by Crippen LogP contribution is 2.51. The number of hydrogen-bond acceptors (Lipinski definition) is 6. The lowest BCUT2D eigenvalue weighted by atomic mass is 9.93. The minimum Gasteiger partial charge on any atom is -0.441 e. The topological polar surface area (TPSA) is 109 Å². The number of pyridine rings is 1. The number of aromatic nitrogens is 2. The van der Waals surface area contributed by atoms with Crippen LogP contribution >= 0.6 is 0 Å². The molecule has 1 N–H and O–H groups in total. The van der Waals surface area contributed by atoms with Crippen LogP contribution in [0.5, 0.6) is 0 Å². The molecule has 0 spiro atoms. The minimum absolute atomic E-state index is 0.0119. The van der Waals surface area contributed by atoms with Crippen molar-refractivity contribution in [2.75, 3.05) is 22.2 Å². The number of fused-ring (bicyclic) bond motifs is 1. The van der Waals surface area contributed by atoms with E-state index in [1.807, 2.05) is 6.08 Å². The van der Waals surface area contributed by atoms with Crippen LogP contribution in [0, 0.1) is 5.92 Å². The number of allylic oxidation sites excluding steroid dienone is 1. The zero-order chi connectivity index (χ0) is 22.7. The highest BCUT2D eigenvalue weighted by atomic mass is 32.2. The molecule has 0 saturated heterocycles. The first-order valence-electron chi connectivity index (χ1n) is 10.2. The van der Waals surface area contributed by atoms with Crippen molar-refractivity contribution in [1.29, 1.82) is 0 Å². The first kappa shape index (κ1) is 20.9. The van der Waals surface area contributed by atoms with Gasteiger partial charge in [0.15, 0.2) is 5.82 Å². The van der Waals surface area contributed by atoms with Crippen molar-refractivity contribution in [3.8, 4) is 0 Å². The van der Waals surface area contributed by atoms with Crippen LogP contribution in [0.1, 0.15) is 42.1 Å². The van der Waals surface area contributed by atoms with E-state index in [1.54, 1.807) is 12.1 Å². The molecule has 0 bridgehead atoms. The van der Waals surface area contributed by atoms with E-state index in [1.165, 1.54) is 19.5 Å². The van der Waals surface area contributed by atoms with E-state index in [0.29, 0.717) is 30.6 Å². The lowest BCUT2D eigenvalue weighted by molar-refractivity contribution is 0.0899. The predicted octanol–water partition coefficient (Wildman–Crippen LogP) is 2.59. The third-order valence-corrected chi connectivity index (χ3v) is 7.86. The van der Waals surface area contributed by atoms with Crippen LogP contribution < -0.4 is 13.9 Å². The number of amides is 1. The van der Waals surface area contributed by atoms with Crippen molar-refractivity contribution < 1.29 is 26.4 Å². The fourth-order valence-electron chi connectivity index (χ4n) is 4.07. The standard InChI is InChI=1S/C20H21F2N5O4S/c1-26-17-16(27(32(26,29)30)11-13-10-20(13,21)22)7-6-15(25-17)12-2-4-14(5-3-12)24-18(28)19-23-8-9-31-19/h2,6-9,13-14H,3-5,10-11H2,1H3,(H,24,28). The molecular formula is C20H21F2N5O4S. The summed E-state index contributed by atoms with van der Waals surface area (Å²) in [7, 11) is -2.56. The maximum Gasteiger partial charge on any atom is 0.327 e. The summed E-state index contributed by atoms with van der Waals surface area (Å²) in [6, 6.07) is 3.26. The number of halogens is 2. The number of rotatable bonds is 5. The monoisotopic (exact) mass is 465 g/mol. The SMILES string of the molecule is CN1c2nc(C3=CCC(NC(=O)c4ncco4)CC3)ccc2N(CC2CC2(F)F)S1(=O)=O. The molecule has 2 aromatic rings. The molecule has 1 fully saturated rings. The van der Waals surface area contributed by atoms with Gasteiger partial charge in [-0.1, -0.05) is 6.08 Å². The summed E-state index contributed by atoms with van der Waals surface area (Å²) in [4.78, 5) is 20.4. The van der Waals surface area contributed by atoms with E-state index < -0.39 is 22.0 Å². The molecule has 9 nitrogen and oxygen atoms in total. The van der Waals surface area contributed by atoms with E-state index in [-0.39, 0.29) is 36.6 Å². The fraction of sp³-hybridized carbons (Fsp3) is 0.450. The lowest BCUT2D eigenvalue weighted by Gasteiger charge is -2.22. The van der Waals surface area contributed by atoms with Gasteiger partial charge in [-0.25, -0.2) is 27.4 Å². The van der Waals surface area contributed by atoms with Gasteiger partial charge >= 0.3 is 16.1 Å². The summed E-state index contributed by atoms with van der Waals surface area (Å²) < 4.78 is 59.3. The number of carbonyl (C=O) groups is 1. The summed E-state index contributed by atoms with van der Waals surface area (Å²) in [5, 5.41) is 2.87. The van der Waals surface area contributed by atoms with E-state index in [2.05, 4.69) is 15.3 Å². The van der Waals surface area contributed by atoms with Crippen molar-refractivity contribution in [3.63, 3.8) is 0 Å². The van der Waals surface area contributed by atoms with Crippen LogP contribution in [0.3, 0.4) is 0 Å². The Kier molecular flexibility index (Phi) is 4.73. The van der Waals surface area contributed by atoms with Gasteiger partial charge < -0.3 is 9.73 Å². The number of anilines is 2. The Balaban J connectivity index is 1.32. The van der Waals surface area contributed by atoms with Gasteiger partial charge in [-0.15, -0.1) is 0 Å². The van der Waals surface area contributed by atoms with Gasteiger partial charge in [0.25, 0.3) is 11.8 Å². The molecule has 1 amide bonds. The molecule has 3 aliphatic rings. The maximum absolute atomic E-state index is 13.4. The maximum atomic E-state index is 13.4. The first-order valence-corrected chi connectivity index (χ1v) is 11.6. The Bertz CT molecular complexity index is 1200. The molecule has 12 heteroatoms. The van der Waals surface area contributed by atoms with Crippen LogP contribution in [-0.2, 0) is 10.2 Å². The zero-order valence-corrected chi connectivity index (χ0v) is 18.0. The largest absolute Gasteiger partial charge is 0.441 e. The third kappa shape index (κ3) is 3.51. The highest BCUT2D eigenvalue weighted by molar-refractivity contribution is 7.94. The number of nitrogens with one attached hydrogen (secondary N) is 1. The van der Waals surface area contributed by atoms with E-state index >= 15 is 0 Å². The summed E-state index contributed by atoms with van der Waals surface area (Å²) in [6.45, 7) is -0.262. The molecule has 1 aliphatic heterocycles. The Morgan fingerprint density at radius 3 is 2.78 bits per heavy atom. The van der Waals surface area contributed by atoms with E-state index in [4.69, 9.17) is 4.42 Å². The molecule has 5 rings (SSSR count). The Morgan fingerprint density at radius 1 is 1.38 bits per heavy atom. The molecule has 2 atom stereocenters. The van der Waals surface area contributed by atoms with Crippen molar-refractivity contribution in [2.45, 2.75) is 37.6 Å². The van der Waals surface area contributed by atoms with Crippen LogP contribution in [0.15, 0.2) is 35.1 Å². The van der Waals surface area contributed by atoms with Crippen molar-refractivity contribution >= 4 is 33.2 Å². The van der Waals surface area contributed by atoms with E-state index in [9.17, 15) is 22.0 Å². The van der Waals surface area contributed by atoms with Crippen molar-refractivity contribution in [3.05, 3.63) is 42.3 Å². The average molecular weight is 465 g/mol. The molecule has 32 heavy (non-hydrogen) atoms. The second kappa shape index (κ2) is 7.26. The van der Waals surface area contributed by atoms with Gasteiger partial charge in [-0.05, 0) is 37.0 Å². The molecule has 1 saturated carbocycles. The number of alkyl halides is 2. The molecule has 170 valence electrons. The highest BCUT2D eigenvalue weighted by Gasteiger charge is 2.59. The third-order valence-electron chi connectivity index (χ3n) is 6.09. The van der Waals surface area contributed by atoms with Crippen molar-refractivity contribution in [1.82, 2.24) is 15.3 Å². The number of hydrogen-bond donors (Lipinski definition) is 1. The van der Waals surface area contributed by atoms with Gasteiger partial charge in [-0.2, -0.15) is 8.42 Å². The van der Waals surface area contributed by atoms with Gasteiger partial charge in [0.1, 0.15) is 6.26 Å². The smallest absolute Gasteiger partial charge is 0.327 e. The second-order valence-corrected chi connectivity index (χ2v) is 10.1. The lowest BCUT2D eigenvalue weighted by Crippen LogP contribution is -2.37. The molecule has 0 radical (unpaired) electrons. The quantitative estimate of drug-likeness (QED) is 0.727. The molecular weight excluding hydrogens is 444 g/mol. The number of nitrogens with zero attached hydrogens (tertiary/aromatic N) is 4. The van der Waals surface area contributed by atoms with Crippen LogP contribution in [0.25, 0.3) is 5.57 Å². The molecule has 0 aromatic carbocycles. The first-order chi connectivity index (χ1) is 15.2. The normalized spacial score (nSPS) is 25.3. The zero-order valence-electron chi connectivity index (χ0n) is 17.2. The molecule has 2 unspecified atom stereocenters. The van der Waals surface area contributed by atoms with Gasteiger partial charge in [0.05, 0.1) is 17.6 Å². The van der Waals surface area contributed by atoms with Crippen LogP contribution in [0.2, 0.25) is 0 Å². The summed E-state index contributed by atoms with van der Waals surface area (Å²) in [5.74, 6) is -3.91. The van der Waals surface area contributed by atoms with Gasteiger partial charge in [0.2, 0.25) is 0 Å². The average Bonchev–Trinajstić information content (AvgIpc) is 3.10. The van der Waals surface area contributed by atoms with Gasteiger partial charge in [-0.3, -0.25) is 4.79 Å². The fourth-order valence-corrected chi connectivity index (χ4v) is 5.48. The Morgan fingerprint density at radius 2 is 2.16 bits per heavy atom. The molecule has 2 aliphatic carbocycles. The molecule has 2 aromatic heterocycles. The summed E-state index contributed by atoms with van der Waals surface area (Å²) in [6.07, 6.45) is 6.29. The number of carbonyl (C=O) groups excluding carboxylic acids is 1. The number of oxazole rings is 1. The second-order valence-electron chi connectivity index (χ2n) is 8.22. The van der Waals surface area contributed by atoms with Crippen LogP contribution in [-0.4, -0.2) is 49.8 Å². The summed E-state index contributed by atoms with van der Waals surface area (Å²) >= 11 is 0. The Labute approximate surface area is 183 Å². The predicted molar refractivity (Wildman–Crippen MR) is 112 cm³/mol. The van der Waals surface area contributed by atoms with Crippen molar-refractivity contribution in [2.24, 2.45) is 5.92 Å². The van der Waals surface area contributed by atoms with Crippen LogP contribution in [0.4, 0.5) is 20.3 Å². The summed E-state index contributed by atoms with van der Waals surface area (Å²) in [5.41, 5.74) is 1.88.